The summed E-state index contributed by atoms with van der Waals surface area (Å²) in [6.07, 6.45) is 0. The predicted molar refractivity (Wildman–Crippen MR) is 117 cm³/mol. The van der Waals surface area contributed by atoms with Gasteiger partial charge in [0, 0.05) is 65.6 Å². The van der Waals surface area contributed by atoms with E-state index in [0.717, 1.165) is 48.2 Å². The average molecular weight is 482 g/mol. The van der Waals surface area contributed by atoms with Gasteiger partial charge in [-0.2, -0.15) is 0 Å². The van der Waals surface area contributed by atoms with Crippen LogP contribution in [0, 0.1) is 0 Å². The molecule has 2 N–H and O–H groups in total. The first-order valence-corrected chi connectivity index (χ1v) is 10.6. The number of hydrogen-bond donors (Lipinski definition) is 2. The van der Waals surface area contributed by atoms with Crippen molar-refractivity contribution in [1.29, 1.82) is 0 Å². The molecule has 0 saturated carbocycles. The molecule has 4 nitrogen and oxygen atoms in total. The van der Waals surface area contributed by atoms with E-state index in [1.165, 1.54) is 11.4 Å². The molecule has 1 aliphatic heterocycles. The second kappa shape index (κ2) is 9.85. The van der Waals surface area contributed by atoms with Crippen LogP contribution < -0.4 is 15.5 Å². The number of nitrogens with one attached hydrogen (secondary N) is 2. The lowest BCUT2D eigenvalue weighted by Crippen LogP contribution is -2.51. The Morgan fingerprint density at radius 2 is 1.46 bits per heavy atom. The molecule has 2 aromatic rings. The highest BCUT2D eigenvalue weighted by molar-refractivity contribution is 9.10. The summed E-state index contributed by atoms with van der Waals surface area (Å²) in [4.78, 5) is 4.93. The van der Waals surface area contributed by atoms with Crippen molar-refractivity contribution >= 4 is 43.2 Å². The molecule has 26 heavy (non-hydrogen) atoms. The summed E-state index contributed by atoms with van der Waals surface area (Å²) in [7, 11) is 2.06. The van der Waals surface area contributed by atoms with E-state index in [2.05, 4.69) is 108 Å². The van der Waals surface area contributed by atoms with Gasteiger partial charge in [0.25, 0.3) is 0 Å². The third-order valence-corrected chi connectivity index (χ3v) is 5.83. The van der Waals surface area contributed by atoms with Crippen LogP contribution in [0.4, 0.5) is 11.4 Å². The van der Waals surface area contributed by atoms with E-state index in [-0.39, 0.29) is 0 Å². The molecular weight excluding hydrogens is 456 g/mol. The van der Waals surface area contributed by atoms with Crippen molar-refractivity contribution in [1.82, 2.24) is 15.5 Å². The number of likely N-dealkylation sites (N-methyl/N-ethyl adjacent to an activating group) is 1. The van der Waals surface area contributed by atoms with Crippen LogP contribution in [0.5, 0.6) is 0 Å². The van der Waals surface area contributed by atoms with E-state index in [4.69, 9.17) is 0 Å². The van der Waals surface area contributed by atoms with Crippen molar-refractivity contribution in [2.75, 3.05) is 51.2 Å². The van der Waals surface area contributed by atoms with Gasteiger partial charge in [0.1, 0.15) is 0 Å². The minimum Gasteiger partial charge on any atom is -0.340 e. The smallest absolute Gasteiger partial charge is 0.0412 e. The SMILES string of the molecule is CNC(CN1CCNCC1)CN(c1ccc(Br)cc1)c1ccc(Br)cc1. The fourth-order valence-corrected chi connectivity index (χ4v) is 3.80. The maximum absolute atomic E-state index is 3.54. The maximum Gasteiger partial charge on any atom is 0.0412 e. The summed E-state index contributed by atoms with van der Waals surface area (Å²) in [5.41, 5.74) is 2.41. The lowest BCUT2D eigenvalue weighted by Gasteiger charge is -2.34. The number of halogens is 2. The molecule has 1 fully saturated rings. The molecular formula is C20H26Br2N4. The lowest BCUT2D eigenvalue weighted by atomic mass is 10.1. The molecule has 140 valence electrons. The normalized spacial score (nSPS) is 16.4. The molecule has 0 spiro atoms. The first-order chi connectivity index (χ1) is 12.7. The van der Waals surface area contributed by atoms with E-state index in [1.807, 2.05) is 0 Å². The number of rotatable bonds is 7. The summed E-state index contributed by atoms with van der Waals surface area (Å²) < 4.78 is 2.20. The van der Waals surface area contributed by atoms with Crippen LogP contribution in [-0.2, 0) is 0 Å². The molecule has 0 amide bonds. The molecule has 0 radical (unpaired) electrons. The lowest BCUT2D eigenvalue weighted by molar-refractivity contribution is 0.220. The van der Waals surface area contributed by atoms with Crippen LogP contribution in [0.3, 0.4) is 0 Å². The van der Waals surface area contributed by atoms with Crippen LogP contribution in [-0.4, -0.2) is 57.3 Å². The van der Waals surface area contributed by atoms with Crippen molar-refractivity contribution < 1.29 is 0 Å². The molecule has 0 aliphatic carbocycles. The fourth-order valence-electron chi connectivity index (χ4n) is 3.27. The quantitative estimate of drug-likeness (QED) is 0.628. The van der Waals surface area contributed by atoms with Crippen LogP contribution in [0.2, 0.25) is 0 Å². The molecule has 6 heteroatoms. The number of anilines is 2. The Bertz CT molecular complexity index is 624. The number of benzene rings is 2. The third-order valence-electron chi connectivity index (χ3n) is 4.78. The number of piperazine rings is 1. The van der Waals surface area contributed by atoms with Gasteiger partial charge < -0.3 is 15.5 Å². The Balaban J connectivity index is 1.79. The van der Waals surface area contributed by atoms with Crippen molar-refractivity contribution in [3.05, 3.63) is 57.5 Å². The largest absolute Gasteiger partial charge is 0.340 e. The second-order valence-electron chi connectivity index (χ2n) is 6.60. The zero-order valence-corrected chi connectivity index (χ0v) is 18.3. The monoisotopic (exact) mass is 480 g/mol. The van der Waals surface area contributed by atoms with Crippen molar-refractivity contribution in [2.24, 2.45) is 0 Å². The Labute approximate surface area is 173 Å². The molecule has 1 aliphatic rings. The first kappa shape index (κ1) is 19.8. The molecule has 3 rings (SSSR count). The van der Waals surface area contributed by atoms with Crippen LogP contribution in [0.1, 0.15) is 0 Å². The van der Waals surface area contributed by atoms with Crippen LogP contribution in [0.15, 0.2) is 57.5 Å². The van der Waals surface area contributed by atoms with Gasteiger partial charge in [-0.25, -0.2) is 0 Å². The van der Waals surface area contributed by atoms with E-state index < -0.39 is 0 Å². The molecule has 2 aromatic carbocycles. The fraction of sp³-hybridized carbons (Fsp3) is 0.400. The minimum absolute atomic E-state index is 0.389. The summed E-state index contributed by atoms with van der Waals surface area (Å²) >= 11 is 7.08. The van der Waals surface area contributed by atoms with Gasteiger partial charge in [-0.3, -0.25) is 4.90 Å². The summed E-state index contributed by atoms with van der Waals surface area (Å²) in [5.74, 6) is 0. The average Bonchev–Trinajstić information content (AvgIpc) is 2.67. The van der Waals surface area contributed by atoms with Gasteiger partial charge in [0.05, 0.1) is 0 Å². The topological polar surface area (TPSA) is 30.5 Å². The van der Waals surface area contributed by atoms with E-state index in [1.54, 1.807) is 0 Å². The van der Waals surface area contributed by atoms with E-state index >= 15 is 0 Å². The Morgan fingerprint density at radius 3 is 1.92 bits per heavy atom. The zero-order chi connectivity index (χ0) is 18.4. The first-order valence-electron chi connectivity index (χ1n) is 9.05. The molecule has 1 atom stereocenters. The van der Waals surface area contributed by atoms with Gasteiger partial charge in [-0.1, -0.05) is 31.9 Å². The molecule has 0 aromatic heterocycles. The number of hydrogen-bond acceptors (Lipinski definition) is 4. The standard InChI is InChI=1S/C20H26Br2N4/c1-23-18(14-25-12-10-24-11-13-25)15-26(19-6-2-16(21)3-7-19)20-8-4-17(22)5-9-20/h2-9,18,23-24H,10-15H2,1H3. The highest BCUT2D eigenvalue weighted by Gasteiger charge is 2.19. The highest BCUT2D eigenvalue weighted by Crippen LogP contribution is 2.28. The maximum atomic E-state index is 3.54. The van der Waals surface area contributed by atoms with Crippen molar-refractivity contribution in [2.45, 2.75) is 6.04 Å². The van der Waals surface area contributed by atoms with Gasteiger partial charge in [0.2, 0.25) is 0 Å². The Morgan fingerprint density at radius 1 is 0.962 bits per heavy atom. The number of nitrogens with zero attached hydrogens (tertiary/aromatic N) is 2. The van der Waals surface area contributed by atoms with Crippen LogP contribution >= 0.6 is 31.9 Å². The molecule has 1 heterocycles. The summed E-state index contributed by atoms with van der Waals surface area (Å²) in [6, 6.07) is 17.5. The molecule has 1 unspecified atom stereocenters. The molecule has 0 bridgehead atoms. The Kier molecular flexibility index (Phi) is 7.52. The third kappa shape index (κ3) is 5.54. The predicted octanol–water partition coefficient (Wildman–Crippen LogP) is 3.84. The van der Waals surface area contributed by atoms with Crippen molar-refractivity contribution in [3.8, 4) is 0 Å². The molecule has 1 saturated heterocycles. The van der Waals surface area contributed by atoms with Gasteiger partial charge in [0.15, 0.2) is 0 Å². The van der Waals surface area contributed by atoms with E-state index in [9.17, 15) is 0 Å². The zero-order valence-electron chi connectivity index (χ0n) is 15.1. The van der Waals surface area contributed by atoms with Gasteiger partial charge in [-0.05, 0) is 55.6 Å². The van der Waals surface area contributed by atoms with Gasteiger partial charge >= 0.3 is 0 Å². The highest BCUT2D eigenvalue weighted by atomic mass is 79.9. The Hall–Kier alpha value is -0.920. The van der Waals surface area contributed by atoms with Crippen molar-refractivity contribution in [3.63, 3.8) is 0 Å². The van der Waals surface area contributed by atoms with Crippen LogP contribution in [0.25, 0.3) is 0 Å². The van der Waals surface area contributed by atoms with E-state index in [0.29, 0.717) is 6.04 Å². The summed E-state index contributed by atoms with van der Waals surface area (Å²) in [5, 5.41) is 6.95. The van der Waals surface area contributed by atoms with Gasteiger partial charge in [-0.15, -0.1) is 0 Å². The second-order valence-corrected chi connectivity index (χ2v) is 8.43. The summed E-state index contributed by atoms with van der Waals surface area (Å²) in [6.45, 7) is 6.38. The minimum atomic E-state index is 0.389.